The number of aromatic nitrogens is 1. The summed E-state index contributed by atoms with van der Waals surface area (Å²) in [5.41, 5.74) is 3.90. The van der Waals surface area contributed by atoms with Crippen molar-refractivity contribution in [1.82, 2.24) is 4.98 Å². The summed E-state index contributed by atoms with van der Waals surface area (Å²) in [4.78, 5) is 17.4. The van der Waals surface area contributed by atoms with Crippen LogP contribution in [0.2, 0.25) is 0 Å². The molecule has 0 spiro atoms. The second-order valence-electron chi connectivity index (χ2n) is 6.18. The monoisotopic (exact) mass is 362 g/mol. The Hall–Kier alpha value is -3.34. The zero-order chi connectivity index (χ0) is 19.2. The van der Waals surface area contributed by atoms with E-state index in [1.54, 1.807) is 18.2 Å². The SMILES string of the molecule is CCO/C=C/c1ccc2nc(N(C)CC(=O)O)cc(-c3ccccc3)c2c1. The molecule has 0 aliphatic carbocycles. The molecular weight excluding hydrogens is 340 g/mol. The molecule has 5 nitrogen and oxygen atoms in total. The molecule has 0 amide bonds. The van der Waals surface area contributed by atoms with Crippen molar-refractivity contribution in [3.63, 3.8) is 0 Å². The van der Waals surface area contributed by atoms with Gasteiger partial charge in [-0.05, 0) is 47.9 Å². The van der Waals surface area contributed by atoms with Crippen molar-refractivity contribution in [2.45, 2.75) is 6.92 Å². The average molecular weight is 362 g/mol. The molecule has 0 radical (unpaired) electrons. The quantitative estimate of drug-likeness (QED) is 0.630. The molecule has 0 saturated carbocycles. The van der Waals surface area contributed by atoms with Gasteiger partial charge in [0.05, 0.1) is 18.4 Å². The highest BCUT2D eigenvalue weighted by molar-refractivity contribution is 5.97. The van der Waals surface area contributed by atoms with Crippen molar-refractivity contribution in [2.24, 2.45) is 0 Å². The summed E-state index contributed by atoms with van der Waals surface area (Å²) in [6.45, 7) is 2.46. The van der Waals surface area contributed by atoms with Crippen molar-refractivity contribution in [2.75, 3.05) is 25.1 Å². The number of ether oxygens (including phenoxy) is 1. The number of rotatable bonds is 7. The Balaban J connectivity index is 2.15. The molecule has 2 aromatic carbocycles. The number of pyridine rings is 1. The van der Waals surface area contributed by atoms with Crippen LogP contribution in [-0.4, -0.2) is 36.3 Å². The van der Waals surface area contributed by atoms with E-state index in [0.717, 1.165) is 27.6 Å². The summed E-state index contributed by atoms with van der Waals surface area (Å²) in [5.74, 6) is -0.265. The number of nitrogens with zero attached hydrogens (tertiary/aromatic N) is 2. The topological polar surface area (TPSA) is 62.7 Å². The highest BCUT2D eigenvalue weighted by atomic mass is 16.5. The highest BCUT2D eigenvalue weighted by Gasteiger charge is 2.13. The zero-order valence-corrected chi connectivity index (χ0v) is 15.4. The molecule has 1 heterocycles. The standard InChI is InChI=1S/C22H22N2O3/c1-3-27-12-11-16-9-10-20-19(13-16)18(17-7-5-4-6-8-17)14-21(23-20)24(2)15-22(25)26/h4-14H,3,15H2,1-2H3,(H,25,26)/b12-11+. The summed E-state index contributed by atoms with van der Waals surface area (Å²) < 4.78 is 5.29. The summed E-state index contributed by atoms with van der Waals surface area (Å²) in [5, 5.41) is 10.1. The number of likely N-dealkylation sites (N-methyl/N-ethyl adjacent to an activating group) is 1. The van der Waals surface area contributed by atoms with Crippen molar-refractivity contribution in [1.29, 1.82) is 0 Å². The van der Waals surface area contributed by atoms with Crippen LogP contribution >= 0.6 is 0 Å². The Kier molecular flexibility index (Phi) is 5.71. The maximum absolute atomic E-state index is 11.1. The van der Waals surface area contributed by atoms with Gasteiger partial charge in [0.2, 0.25) is 0 Å². The van der Waals surface area contributed by atoms with Gasteiger partial charge in [0.25, 0.3) is 0 Å². The summed E-state index contributed by atoms with van der Waals surface area (Å²) in [6.07, 6.45) is 3.61. The van der Waals surface area contributed by atoms with Gasteiger partial charge in [0.15, 0.2) is 0 Å². The van der Waals surface area contributed by atoms with Gasteiger partial charge in [-0.3, -0.25) is 4.79 Å². The summed E-state index contributed by atoms with van der Waals surface area (Å²) in [7, 11) is 1.73. The van der Waals surface area contributed by atoms with E-state index >= 15 is 0 Å². The number of fused-ring (bicyclic) bond motifs is 1. The second-order valence-corrected chi connectivity index (χ2v) is 6.18. The highest BCUT2D eigenvalue weighted by Crippen LogP contribution is 2.32. The van der Waals surface area contributed by atoms with Gasteiger partial charge in [-0.25, -0.2) is 4.98 Å². The lowest BCUT2D eigenvalue weighted by Crippen LogP contribution is -2.25. The van der Waals surface area contributed by atoms with E-state index in [-0.39, 0.29) is 6.54 Å². The van der Waals surface area contributed by atoms with Crippen LogP contribution in [0.1, 0.15) is 12.5 Å². The second kappa shape index (κ2) is 8.36. The van der Waals surface area contributed by atoms with E-state index in [1.165, 1.54) is 0 Å². The number of hydrogen-bond acceptors (Lipinski definition) is 4. The van der Waals surface area contributed by atoms with Gasteiger partial charge in [-0.15, -0.1) is 0 Å². The Labute approximate surface area is 158 Å². The van der Waals surface area contributed by atoms with Crippen LogP contribution in [0.4, 0.5) is 5.82 Å². The van der Waals surface area contributed by atoms with E-state index in [0.29, 0.717) is 12.4 Å². The predicted octanol–water partition coefficient (Wildman–Crippen LogP) is 4.43. The third-order valence-corrected chi connectivity index (χ3v) is 4.19. The van der Waals surface area contributed by atoms with Crippen LogP contribution in [-0.2, 0) is 9.53 Å². The van der Waals surface area contributed by atoms with Gasteiger partial charge in [0, 0.05) is 12.4 Å². The number of hydrogen-bond donors (Lipinski definition) is 1. The molecule has 0 bridgehead atoms. The summed E-state index contributed by atoms with van der Waals surface area (Å²) >= 11 is 0. The number of benzene rings is 2. The molecule has 0 fully saturated rings. The molecule has 0 unspecified atom stereocenters. The van der Waals surface area contributed by atoms with Gasteiger partial charge in [0.1, 0.15) is 12.4 Å². The molecule has 3 rings (SSSR count). The smallest absolute Gasteiger partial charge is 0.323 e. The lowest BCUT2D eigenvalue weighted by Gasteiger charge is -2.18. The van der Waals surface area contributed by atoms with E-state index in [9.17, 15) is 4.79 Å². The van der Waals surface area contributed by atoms with Gasteiger partial charge in [-0.1, -0.05) is 36.4 Å². The Bertz CT molecular complexity index is 968. The predicted molar refractivity (Wildman–Crippen MR) is 109 cm³/mol. The minimum atomic E-state index is -0.892. The minimum Gasteiger partial charge on any atom is -0.501 e. The first-order chi connectivity index (χ1) is 13.1. The molecule has 138 valence electrons. The van der Waals surface area contributed by atoms with Crippen LogP contribution in [0.3, 0.4) is 0 Å². The molecule has 1 N–H and O–H groups in total. The van der Waals surface area contributed by atoms with Crippen LogP contribution in [0.25, 0.3) is 28.1 Å². The van der Waals surface area contributed by atoms with Crippen LogP contribution in [0.15, 0.2) is 60.9 Å². The third kappa shape index (κ3) is 4.44. The van der Waals surface area contributed by atoms with Crippen molar-refractivity contribution >= 4 is 28.8 Å². The number of carbonyl (C=O) groups is 1. The number of carboxylic acid groups (broad SMARTS) is 1. The normalized spacial score (nSPS) is 11.0. The molecule has 0 aliphatic heterocycles. The maximum atomic E-state index is 11.1. The Morgan fingerprint density at radius 1 is 1.19 bits per heavy atom. The first-order valence-electron chi connectivity index (χ1n) is 8.80. The molecular formula is C22H22N2O3. The molecule has 0 atom stereocenters. The van der Waals surface area contributed by atoms with E-state index in [4.69, 9.17) is 9.84 Å². The fraction of sp³-hybridized carbons (Fsp3) is 0.182. The van der Waals surface area contributed by atoms with Gasteiger partial charge >= 0.3 is 5.97 Å². The zero-order valence-electron chi connectivity index (χ0n) is 15.4. The summed E-state index contributed by atoms with van der Waals surface area (Å²) in [6, 6.07) is 18.0. The number of carboxylic acids is 1. The van der Waals surface area contributed by atoms with Crippen LogP contribution in [0.5, 0.6) is 0 Å². The fourth-order valence-corrected chi connectivity index (χ4v) is 2.89. The average Bonchev–Trinajstić information content (AvgIpc) is 2.67. The van der Waals surface area contributed by atoms with Crippen molar-refractivity contribution < 1.29 is 14.6 Å². The van der Waals surface area contributed by atoms with Crippen LogP contribution in [0, 0.1) is 0 Å². The molecule has 0 aliphatic rings. The largest absolute Gasteiger partial charge is 0.501 e. The third-order valence-electron chi connectivity index (χ3n) is 4.19. The maximum Gasteiger partial charge on any atom is 0.323 e. The first kappa shape index (κ1) is 18.5. The van der Waals surface area contributed by atoms with E-state index in [2.05, 4.69) is 11.1 Å². The number of aliphatic carboxylic acids is 1. The molecule has 5 heteroatoms. The molecule has 27 heavy (non-hydrogen) atoms. The van der Waals surface area contributed by atoms with Crippen LogP contribution < -0.4 is 4.90 Å². The fourth-order valence-electron chi connectivity index (χ4n) is 2.89. The first-order valence-corrected chi connectivity index (χ1v) is 8.80. The van der Waals surface area contributed by atoms with E-state index in [1.807, 2.05) is 61.5 Å². The Morgan fingerprint density at radius 3 is 2.67 bits per heavy atom. The van der Waals surface area contributed by atoms with Crippen molar-refractivity contribution in [3.05, 3.63) is 66.4 Å². The molecule has 0 saturated heterocycles. The van der Waals surface area contributed by atoms with Gasteiger partial charge < -0.3 is 14.7 Å². The molecule has 3 aromatic rings. The van der Waals surface area contributed by atoms with Crippen molar-refractivity contribution in [3.8, 4) is 11.1 Å². The number of anilines is 1. The Morgan fingerprint density at radius 2 is 1.96 bits per heavy atom. The molecule has 1 aromatic heterocycles. The van der Waals surface area contributed by atoms with Gasteiger partial charge in [-0.2, -0.15) is 0 Å². The van der Waals surface area contributed by atoms with E-state index < -0.39 is 5.97 Å². The lowest BCUT2D eigenvalue weighted by atomic mass is 9.99. The minimum absolute atomic E-state index is 0.109. The lowest BCUT2D eigenvalue weighted by molar-refractivity contribution is -0.135.